The van der Waals surface area contributed by atoms with Crippen molar-refractivity contribution in [3.05, 3.63) is 57.4 Å². The lowest BCUT2D eigenvalue weighted by molar-refractivity contribution is 0.0707. The highest BCUT2D eigenvalue weighted by atomic mass is 35.5. The minimum atomic E-state index is 0.0996. The second-order valence-corrected chi connectivity index (χ2v) is 10.0. The number of nitrogens with zero attached hydrogens (tertiary/aromatic N) is 2. The molecule has 3 N–H and O–H groups in total. The van der Waals surface area contributed by atoms with Crippen LogP contribution in [0.5, 0.6) is 5.88 Å². The van der Waals surface area contributed by atoms with Crippen molar-refractivity contribution in [2.75, 3.05) is 26.2 Å². The zero-order valence-corrected chi connectivity index (χ0v) is 19.6. The van der Waals surface area contributed by atoms with Crippen LogP contribution in [0.4, 0.5) is 0 Å². The molecule has 1 amide bonds. The summed E-state index contributed by atoms with van der Waals surface area (Å²) in [5, 5.41) is 12.2. The lowest BCUT2D eigenvalue weighted by Crippen LogP contribution is -2.42. The summed E-state index contributed by atoms with van der Waals surface area (Å²) >= 11 is 6.34. The van der Waals surface area contributed by atoms with Crippen LogP contribution < -0.4 is 0 Å². The van der Waals surface area contributed by atoms with E-state index in [9.17, 15) is 9.90 Å². The number of carbonyl (C=O) groups excluding carboxylic acids is 1. The van der Waals surface area contributed by atoms with Gasteiger partial charge in [0.1, 0.15) is 0 Å². The first kappa shape index (κ1) is 20.9. The van der Waals surface area contributed by atoms with Gasteiger partial charge in [0.2, 0.25) is 0 Å². The van der Waals surface area contributed by atoms with Crippen LogP contribution in [0.25, 0.3) is 16.5 Å². The Bertz CT molecular complexity index is 1280. The number of hydrogen-bond acceptors (Lipinski definition) is 3. The van der Waals surface area contributed by atoms with Gasteiger partial charge in [-0.05, 0) is 63.7 Å². The number of allylic oxidation sites excluding steroid dienone is 1. The molecule has 2 fully saturated rings. The predicted octanol–water partition coefficient (Wildman–Crippen LogP) is 4.85. The number of para-hydroxylation sites is 1. The van der Waals surface area contributed by atoms with E-state index in [1.807, 2.05) is 25.1 Å². The van der Waals surface area contributed by atoms with Gasteiger partial charge in [-0.1, -0.05) is 29.8 Å². The summed E-state index contributed by atoms with van der Waals surface area (Å²) in [4.78, 5) is 24.9. The number of aromatic hydroxyl groups is 1. The number of aromatic nitrogens is 2. The highest BCUT2D eigenvalue weighted by molar-refractivity contribution is 6.35. The number of amides is 1. The fourth-order valence-corrected chi connectivity index (χ4v) is 6.30. The maximum absolute atomic E-state index is 13.8. The van der Waals surface area contributed by atoms with Crippen LogP contribution in [-0.2, 0) is 6.42 Å². The van der Waals surface area contributed by atoms with Crippen molar-refractivity contribution in [2.24, 2.45) is 0 Å². The minimum Gasteiger partial charge on any atom is -0.494 e. The van der Waals surface area contributed by atoms with Crippen molar-refractivity contribution in [1.29, 1.82) is 0 Å². The van der Waals surface area contributed by atoms with E-state index >= 15 is 0 Å². The summed E-state index contributed by atoms with van der Waals surface area (Å²) in [6.45, 7) is 6.12. The summed E-state index contributed by atoms with van der Waals surface area (Å²) in [5.41, 5.74) is 6.06. The van der Waals surface area contributed by atoms with E-state index in [1.165, 1.54) is 12.8 Å². The molecule has 0 radical (unpaired) electrons. The van der Waals surface area contributed by atoms with Gasteiger partial charge in [-0.3, -0.25) is 4.79 Å². The Morgan fingerprint density at radius 1 is 1.18 bits per heavy atom. The molecule has 0 unspecified atom stereocenters. The standard InChI is InChI=1S/C26H29ClN4O2/c1-15-21(26(33)31-13-5-6-16(31)14-30-11-2-3-12-30)18-9-10-19(23(18)28-15)22-17-7-4-8-20(27)24(17)29-25(22)32/h4,7-8,10,16,28-29,32H,2-3,5-6,9,11-14H2,1H3/t16-/m0/s1. The van der Waals surface area contributed by atoms with Gasteiger partial charge in [-0.15, -0.1) is 0 Å². The van der Waals surface area contributed by atoms with E-state index in [0.29, 0.717) is 17.5 Å². The number of rotatable bonds is 4. The van der Waals surface area contributed by atoms with Gasteiger partial charge in [-0.25, -0.2) is 0 Å². The zero-order valence-electron chi connectivity index (χ0n) is 18.9. The van der Waals surface area contributed by atoms with Crippen LogP contribution in [0.2, 0.25) is 5.02 Å². The number of carbonyl (C=O) groups is 1. The van der Waals surface area contributed by atoms with Gasteiger partial charge in [0.05, 0.1) is 27.4 Å². The lowest BCUT2D eigenvalue weighted by Gasteiger charge is -2.29. The van der Waals surface area contributed by atoms with E-state index in [4.69, 9.17) is 11.6 Å². The van der Waals surface area contributed by atoms with Crippen LogP contribution in [0.15, 0.2) is 24.3 Å². The normalized spacial score (nSPS) is 20.7. The number of hydrogen-bond donors (Lipinski definition) is 3. The molecular weight excluding hydrogens is 436 g/mol. The van der Waals surface area contributed by atoms with Crippen LogP contribution in [0, 0.1) is 6.92 Å². The van der Waals surface area contributed by atoms with Gasteiger partial charge >= 0.3 is 0 Å². The van der Waals surface area contributed by atoms with Gasteiger partial charge in [0.15, 0.2) is 5.88 Å². The molecule has 172 valence electrons. The van der Waals surface area contributed by atoms with Crippen molar-refractivity contribution < 1.29 is 9.90 Å². The Morgan fingerprint density at radius 2 is 2.00 bits per heavy atom. The first-order valence-corrected chi connectivity index (χ1v) is 12.4. The van der Waals surface area contributed by atoms with Crippen LogP contribution >= 0.6 is 11.6 Å². The van der Waals surface area contributed by atoms with Gasteiger partial charge < -0.3 is 24.9 Å². The third-order valence-corrected chi connectivity index (χ3v) is 7.94. The molecule has 4 heterocycles. The maximum atomic E-state index is 13.8. The summed E-state index contributed by atoms with van der Waals surface area (Å²) in [6.07, 6.45) is 7.47. The minimum absolute atomic E-state index is 0.0996. The Balaban J connectivity index is 1.33. The van der Waals surface area contributed by atoms with E-state index in [0.717, 1.165) is 83.6 Å². The van der Waals surface area contributed by atoms with Crippen molar-refractivity contribution >= 4 is 34.0 Å². The number of aromatic amines is 2. The number of benzene rings is 1. The summed E-state index contributed by atoms with van der Waals surface area (Å²) in [6, 6.07) is 5.96. The van der Waals surface area contributed by atoms with Crippen molar-refractivity contribution in [1.82, 2.24) is 19.8 Å². The molecule has 6 rings (SSSR count). The second-order valence-electron chi connectivity index (χ2n) is 9.61. The SMILES string of the molecule is Cc1[nH]c2c(c1C(=O)N1CCC[C@H]1CN1CCCC1)CC=C2c1c(O)[nH]c2c(Cl)cccc12. The number of halogens is 1. The van der Waals surface area contributed by atoms with Crippen molar-refractivity contribution in [2.45, 2.75) is 45.1 Å². The molecule has 0 spiro atoms. The number of likely N-dealkylation sites (tertiary alicyclic amines) is 2. The monoisotopic (exact) mass is 464 g/mol. The van der Waals surface area contributed by atoms with E-state index < -0.39 is 0 Å². The Kier molecular flexibility index (Phi) is 5.03. The molecule has 0 bridgehead atoms. The van der Waals surface area contributed by atoms with Crippen LogP contribution in [0.1, 0.15) is 58.6 Å². The fourth-order valence-electron chi connectivity index (χ4n) is 6.07. The molecule has 1 atom stereocenters. The van der Waals surface area contributed by atoms with Crippen molar-refractivity contribution in [3.63, 3.8) is 0 Å². The molecule has 2 aromatic heterocycles. The predicted molar refractivity (Wildman–Crippen MR) is 131 cm³/mol. The van der Waals surface area contributed by atoms with Crippen LogP contribution in [0.3, 0.4) is 0 Å². The molecule has 0 saturated carbocycles. The van der Waals surface area contributed by atoms with Gasteiger partial charge in [0.25, 0.3) is 5.91 Å². The molecule has 33 heavy (non-hydrogen) atoms. The molecule has 2 saturated heterocycles. The van der Waals surface area contributed by atoms with Gasteiger partial charge in [-0.2, -0.15) is 0 Å². The third-order valence-electron chi connectivity index (χ3n) is 7.62. The molecule has 7 heteroatoms. The molecule has 3 aliphatic rings. The topological polar surface area (TPSA) is 75.4 Å². The molecule has 1 aromatic carbocycles. The largest absolute Gasteiger partial charge is 0.494 e. The average molecular weight is 465 g/mol. The molecule has 2 aliphatic heterocycles. The average Bonchev–Trinajstić information content (AvgIpc) is 3.58. The molecular formula is C26H29ClN4O2. The number of H-pyrrole nitrogens is 2. The number of fused-ring (bicyclic) bond motifs is 2. The Labute approximate surface area is 198 Å². The Hall–Kier alpha value is -2.70. The molecule has 1 aliphatic carbocycles. The summed E-state index contributed by atoms with van der Waals surface area (Å²) < 4.78 is 0. The first-order valence-electron chi connectivity index (χ1n) is 12.0. The second kappa shape index (κ2) is 7.96. The smallest absolute Gasteiger partial charge is 0.256 e. The number of aryl methyl sites for hydroxylation is 1. The zero-order chi connectivity index (χ0) is 22.7. The van der Waals surface area contributed by atoms with E-state index in [-0.39, 0.29) is 11.8 Å². The summed E-state index contributed by atoms with van der Waals surface area (Å²) in [7, 11) is 0. The van der Waals surface area contributed by atoms with E-state index in [1.54, 1.807) is 0 Å². The van der Waals surface area contributed by atoms with E-state index in [2.05, 4.69) is 25.8 Å². The number of nitrogens with one attached hydrogen (secondary N) is 2. The first-order chi connectivity index (χ1) is 16.0. The van der Waals surface area contributed by atoms with Gasteiger partial charge in [0, 0.05) is 35.8 Å². The highest BCUT2D eigenvalue weighted by Gasteiger charge is 2.36. The quantitative estimate of drug-likeness (QED) is 0.516. The molecule has 3 aromatic rings. The third kappa shape index (κ3) is 3.30. The lowest BCUT2D eigenvalue weighted by atomic mass is 10.0. The summed E-state index contributed by atoms with van der Waals surface area (Å²) in [5.74, 6) is 0.245. The molecule has 6 nitrogen and oxygen atoms in total. The maximum Gasteiger partial charge on any atom is 0.256 e. The fraction of sp³-hybridized carbons (Fsp3) is 0.423. The highest BCUT2D eigenvalue weighted by Crippen LogP contribution is 2.43. The van der Waals surface area contributed by atoms with Crippen LogP contribution in [-0.4, -0.2) is 63.0 Å². The van der Waals surface area contributed by atoms with Crippen molar-refractivity contribution in [3.8, 4) is 5.88 Å². The Morgan fingerprint density at radius 3 is 2.82 bits per heavy atom.